The Hall–Kier alpha value is -2.18. The van der Waals surface area contributed by atoms with E-state index in [0.717, 1.165) is 10.9 Å². The van der Waals surface area contributed by atoms with E-state index < -0.39 is 17.6 Å². The van der Waals surface area contributed by atoms with Crippen LogP contribution in [0.5, 0.6) is 0 Å². The zero-order valence-corrected chi connectivity index (χ0v) is 9.25. The van der Waals surface area contributed by atoms with Crippen molar-refractivity contribution in [1.29, 1.82) is 0 Å². The molecule has 2 N–H and O–H groups in total. The van der Waals surface area contributed by atoms with Crippen LogP contribution in [0.2, 0.25) is 0 Å². The van der Waals surface area contributed by atoms with E-state index in [2.05, 4.69) is 15.3 Å². The number of rotatable bonds is 4. The summed E-state index contributed by atoms with van der Waals surface area (Å²) in [6, 6.07) is 3.16. The second-order valence-corrected chi connectivity index (χ2v) is 3.74. The highest BCUT2D eigenvalue weighted by Crippen LogP contribution is 2.19. The van der Waals surface area contributed by atoms with Crippen LogP contribution in [0.4, 0.5) is 0 Å². The van der Waals surface area contributed by atoms with Gasteiger partial charge in [-0.2, -0.15) is 14.7 Å². The predicted octanol–water partition coefficient (Wildman–Crippen LogP) is 0.386. The highest BCUT2D eigenvalue weighted by atomic mass is 16.4. The van der Waals surface area contributed by atoms with Crippen molar-refractivity contribution in [3.05, 3.63) is 28.3 Å². The Morgan fingerprint density at radius 2 is 2.35 bits per heavy atom. The first-order valence-corrected chi connectivity index (χ1v) is 5.30. The van der Waals surface area contributed by atoms with Crippen LogP contribution in [-0.4, -0.2) is 30.9 Å². The molecule has 7 heteroatoms. The fraction of sp³-hybridized carbons (Fsp3) is 0.400. The average Bonchev–Trinajstić information content (AvgIpc) is 2.67. The van der Waals surface area contributed by atoms with Crippen molar-refractivity contribution in [3.63, 3.8) is 0 Å². The minimum absolute atomic E-state index is 0.371. The number of hydrogen-bond acceptors (Lipinski definition) is 4. The molecule has 0 saturated carbocycles. The van der Waals surface area contributed by atoms with Gasteiger partial charge in [0, 0.05) is 0 Å². The Kier molecular flexibility index (Phi) is 2.90. The first kappa shape index (κ1) is 11.3. The van der Waals surface area contributed by atoms with Gasteiger partial charge in [0.25, 0.3) is 0 Å². The van der Waals surface area contributed by atoms with Crippen molar-refractivity contribution in [3.8, 4) is 0 Å². The number of carboxylic acids is 1. The largest absolute Gasteiger partial charge is 0.481 e. The molecule has 0 amide bonds. The topological polar surface area (TPSA) is 100 Å². The molecule has 2 aromatic heterocycles. The highest BCUT2D eigenvalue weighted by molar-refractivity contribution is 5.75. The van der Waals surface area contributed by atoms with Crippen molar-refractivity contribution >= 4 is 11.6 Å². The molecular formula is C10H12N4O3. The van der Waals surface area contributed by atoms with E-state index in [-0.39, 0.29) is 0 Å². The molecule has 1 unspecified atom stereocenters. The molecule has 2 heterocycles. The lowest BCUT2D eigenvalue weighted by atomic mass is 10.00. The molecule has 90 valence electrons. The van der Waals surface area contributed by atoms with Crippen LogP contribution in [-0.2, 0) is 4.79 Å². The lowest BCUT2D eigenvalue weighted by Crippen LogP contribution is -2.18. The third kappa shape index (κ3) is 2.03. The van der Waals surface area contributed by atoms with Crippen LogP contribution >= 0.6 is 0 Å². The minimum atomic E-state index is -0.935. The average molecular weight is 236 g/mol. The molecule has 0 aliphatic rings. The van der Waals surface area contributed by atoms with Gasteiger partial charge in [-0.15, -0.1) is 0 Å². The smallest absolute Gasteiger partial charge is 0.364 e. The zero-order chi connectivity index (χ0) is 12.4. The Bertz CT molecular complexity index is 601. The molecule has 0 spiro atoms. The van der Waals surface area contributed by atoms with Crippen LogP contribution < -0.4 is 5.69 Å². The molecule has 0 aromatic carbocycles. The van der Waals surface area contributed by atoms with Crippen LogP contribution in [0.15, 0.2) is 16.9 Å². The monoisotopic (exact) mass is 236 g/mol. The summed E-state index contributed by atoms with van der Waals surface area (Å²) in [5.74, 6) is -1.62. The second-order valence-electron chi connectivity index (χ2n) is 3.74. The molecule has 0 fully saturated rings. The number of nitrogens with one attached hydrogen (secondary N) is 1. The maximum Gasteiger partial charge on any atom is 0.364 e. The maximum absolute atomic E-state index is 11.3. The summed E-state index contributed by atoms with van der Waals surface area (Å²) >= 11 is 0. The predicted molar refractivity (Wildman–Crippen MR) is 58.9 cm³/mol. The first-order valence-electron chi connectivity index (χ1n) is 5.30. The van der Waals surface area contributed by atoms with Gasteiger partial charge in [0.2, 0.25) is 0 Å². The highest BCUT2D eigenvalue weighted by Gasteiger charge is 2.21. The Balaban J connectivity index is 2.49. The van der Waals surface area contributed by atoms with Gasteiger partial charge in [-0.05, 0) is 18.6 Å². The number of fused-ring (bicyclic) bond motifs is 1. The van der Waals surface area contributed by atoms with Gasteiger partial charge >= 0.3 is 11.7 Å². The maximum atomic E-state index is 11.3. The SMILES string of the molecule is CCCC(C(=O)O)c1ccc2n[nH]c(=O)n2n1. The minimum Gasteiger partial charge on any atom is -0.481 e. The van der Waals surface area contributed by atoms with Gasteiger partial charge in [-0.1, -0.05) is 13.3 Å². The molecule has 7 nitrogen and oxygen atoms in total. The number of carboxylic acid groups (broad SMARTS) is 1. The van der Waals surface area contributed by atoms with Crippen molar-refractivity contribution in [1.82, 2.24) is 19.8 Å². The summed E-state index contributed by atoms with van der Waals surface area (Å²) in [5, 5.41) is 19.1. The lowest BCUT2D eigenvalue weighted by molar-refractivity contribution is -0.139. The van der Waals surface area contributed by atoms with Crippen LogP contribution in [0.25, 0.3) is 5.65 Å². The third-order valence-electron chi connectivity index (χ3n) is 2.53. The van der Waals surface area contributed by atoms with Crippen molar-refractivity contribution < 1.29 is 9.90 Å². The molecule has 2 aromatic rings. The van der Waals surface area contributed by atoms with Gasteiger partial charge in [0.15, 0.2) is 5.65 Å². The zero-order valence-electron chi connectivity index (χ0n) is 9.25. The van der Waals surface area contributed by atoms with Gasteiger partial charge in [0.1, 0.15) is 5.92 Å². The number of aromatic amines is 1. The second kappa shape index (κ2) is 4.36. The van der Waals surface area contributed by atoms with E-state index in [1.165, 1.54) is 0 Å². The number of H-pyrrole nitrogens is 1. The van der Waals surface area contributed by atoms with E-state index in [0.29, 0.717) is 17.8 Å². The molecule has 0 bridgehead atoms. The Morgan fingerprint density at radius 3 is 3.00 bits per heavy atom. The summed E-state index contributed by atoms with van der Waals surface area (Å²) in [6.45, 7) is 1.90. The third-order valence-corrected chi connectivity index (χ3v) is 2.53. The molecule has 1 atom stereocenters. The van der Waals surface area contributed by atoms with E-state index in [1.807, 2.05) is 6.92 Å². The molecule has 0 aliphatic carbocycles. The number of aliphatic carboxylic acids is 1. The quantitative estimate of drug-likeness (QED) is 0.799. The molecule has 2 rings (SSSR count). The number of carbonyl (C=O) groups is 1. The van der Waals surface area contributed by atoms with Gasteiger partial charge in [-0.3, -0.25) is 4.79 Å². The lowest BCUT2D eigenvalue weighted by Gasteiger charge is -2.09. The van der Waals surface area contributed by atoms with E-state index >= 15 is 0 Å². The van der Waals surface area contributed by atoms with Crippen molar-refractivity contribution in [2.75, 3.05) is 0 Å². The molecule has 0 saturated heterocycles. The summed E-state index contributed by atoms with van der Waals surface area (Å²) in [5.41, 5.74) is 0.275. The molecule has 0 radical (unpaired) electrons. The van der Waals surface area contributed by atoms with E-state index in [9.17, 15) is 9.59 Å². The summed E-state index contributed by atoms with van der Waals surface area (Å²) in [7, 11) is 0. The van der Waals surface area contributed by atoms with E-state index in [1.54, 1.807) is 12.1 Å². The summed E-state index contributed by atoms with van der Waals surface area (Å²) in [6.07, 6.45) is 1.22. The van der Waals surface area contributed by atoms with Crippen molar-refractivity contribution in [2.45, 2.75) is 25.7 Å². The normalized spacial score (nSPS) is 12.8. The fourth-order valence-corrected chi connectivity index (χ4v) is 1.69. The van der Waals surface area contributed by atoms with Crippen LogP contribution in [0.3, 0.4) is 0 Å². The van der Waals surface area contributed by atoms with Gasteiger partial charge < -0.3 is 5.11 Å². The summed E-state index contributed by atoms with van der Waals surface area (Å²) in [4.78, 5) is 22.4. The molecular weight excluding hydrogens is 224 g/mol. The number of nitrogens with zero attached hydrogens (tertiary/aromatic N) is 3. The Morgan fingerprint density at radius 1 is 1.59 bits per heavy atom. The fourth-order valence-electron chi connectivity index (χ4n) is 1.69. The molecule has 17 heavy (non-hydrogen) atoms. The summed E-state index contributed by atoms with van der Waals surface area (Å²) < 4.78 is 1.07. The van der Waals surface area contributed by atoms with E-state index in [4.69, 9.17) is 5.11 Å². The first-order chi connectivity index (χ1) is 8.13. The Labute approximate surface area is 96.1 Å². The molecule has 0 aliphatic heterocycles. The number of aromatic nitrogens is 4. The standard InChI is InChI=1S/C10H12N4O3/c1-2-3-6(9(15)16)7-4-5-8-11-12-10(17)14(8)13-7/h4-6H,2-3H2,1H3,(H,12,17)(H,15,16). The van der Waals surface area contributed by atoms with Crippen LogP contribution in [0, 0.1) is 0 Å². The van der Waals surface area contributed by atoms with Gasteiger partial charge in [-0.25, -0.2) is 9.89 Å². The van der Waals surface area contributed by atoms with Crippen molar-refractivity contribution in [2.24, 2.45) is 0 Å². The number of hydrogen-bond donors (Lipinski definition) is 2. The van der Waals surface area contributed by atoms with Gasteiger partial charge in [0.05, 0.1) is 5.69 Å². The van der Waals surface area contributed by atoms with Crippen LogP contribution in [0.1, 0.15) is 31.4 Å².